The zero-order valence-corrected chi connectivity index (χ0v) is 14.9. The lowest BCUT2D eigenvalue weighted by Crippen LogP contribution is -2.29. The molecule has 0 aromatic heterocycles. The molecule has 1 amide bonds. The van der Waals surface area contributed by atoms with Gasteiger partial charge in [-0.25, -0.2) is 9.18 Å². The van der Waals surface area contributed by atoms with Crippen LogP contribution in [-0.2, 0) is 14.3 Å². The Morgan fingerprint density at radius 3 is 2.54 bits per heavy atom. The molecule has 0 aliphatic heterocycles. The van der Waals surface area contributed by atoms with E-state index in [9.17, 15) is 14.0 Å². The van der Waals surface area contributed by atoms with E-state index in [0.29, 0.717) is 22.0 Å². The fourth-order valence-electron chi connectivity index (χ4n) is 2.02. The SMILES string of the molecule is COc1ccc(Cl)cc1NC(=O)C(C)OC(=O)/C=C/c1ccc(F)cc1. The van der Waals surface area contributed by atoms with E-state index in [2.05, 4.69) is 5.32 Å². The minimum atomic E-state index is -1.04. The molecule has 0 bridgehead atoms. The van der Waals surface area contributed by atoms with Crippen LogP contribution in [0, 0.1) is 5.82 Å². The smallest absolute Gasteiger partial charge is 0.331 e. The molecule has 2 aromatic rings. The molecule has 0 spiro atoms. The van der Waals surface area contributed by atoms with Crippen LogP contribution >= 0.6 is 11.6 Å². The van der Waals surface area contributed by atoms with Crippen LogP contribution in [0.25, 0.3) is 6.08 Å². The molecule has 0 heterocycles. The first-order valence-electron chi connectivity index (χ1n) is 7.67. The molecule has 0 radical (unpaired) electrons. The average molecular weight is 378 g/mol. The fraction of sp³-hybridized carbons (Fsp3) is 0.158. The van der Waals surface area contributed by atoms with Gasteiger partial charge in [0, 0.05) is 11.1 Å². The molecule has 2 rings (SSSR count). The second-order valence-electron chi connectivity index (χ2n) is 5.30. The summed E-state index contributed by atoms with van der Waals surface area (Å²) in [4.78, 5) is 24.0. The standard InChI is InChI=1S/C19H17ClFNO4/c1-12(19(24)22-16-11-14(20)6-9-17(16)25-2)26-18(23)10-5-13-3-7-15(21)8-4-13/h3-12H,1-2H3,(H,22,24)/b10-5+. The molecule has 2 aromatic carbocycles. The Morgan fingerprint density at radius 2 is 1.88 bits per heavy atom. The topological polar surface area (TPSA) is 64.6 Å². The zero-order chi connectivity index (χ0) is 19.1. The molecule has 7 heteroatoms. The van der Waals surface area contributed by atoms with Crippen LogP contribution in [0.2, 0.25) is 5.02 Å². The van der Waals surface area contributed by atoms with Crippen LogP contribution < -0.4 is 10.1 Å². The van der Waals surface area contributed by atoms with Crippen molar-refractivity contribution in [1.29, 1.82) is 0 Å². The predicted molar refractivity (Wildman–Crippen MR) is 97.6 cm³/mol. The van der Waals surface area contributed by atoms with Gasteiger partial charge in [0.25, 0.3) is 5.91 Å². The lowest BCUT2D eigenvalue weighted by atomic mass is 10.2. The average Bonchev–Trinajstić information content (AvgIpc) is 2.61. The highest BCUT2D eigenvalue weighted by atomic mass is 35.5. The summed E-state index contributed by atoms with van der Waals surface area (Å²) in [5.74, 6) is -1.17. The van der Waals surface area contributed by atoms with Crippen molar-refractivity contribution in [3.05, 3.63) is 64.9 Å². The third-order valence-corrected chi connectivity index (χ3v) is 3.60. The van der Waals surface area contributed by atoms with E-state index < -0.39 is 18.0 Å². The van der Waals surface area contributed by atoms with Crippen molar-refractivity contribution in [3.63, 3.8) is 0 Å². The summed E-state index contributed by atoms with van der Waals surface area (Å²) in [6.07, 6.45) is 1.59. The normalized spacial score (nSPS) is 11.8. The van der Waals surface area contributed by atoms with Crippen molar-refractivity contribution in [2.75, 3.05) is 12.4 Å². The van der Waals surface area contributed by atoms with E-state index in [1.165, 1.54) is 50.4 Å². The Bertz CT molecular complexity index is 821. The number of rotatable bonds is 6. The highest BCUT2D eigenvalue weighted by molar-refractivity contribution is 6.31. The monoisotopic (exact) mass is 377 g/mol. The van der Waals surface area contributed by atoms with Crippen molar-refractivity contribution in [1.82, 2.24) is 0 Å². The number of ether oxygens (including phenoxy) is 2. The highest BCUT2D eigenvalue weighted by Gasteiger charge is 2.18. The van der Waals surface area contributed by atoms with Gasteiger partial charge in [0.1, 0.15) is 11.6 Å². The van der Waals surface area contributed by atoms with Crippen LogP contribution in [0.4, 0.5) is 10.1 Å². The van der Waals surface area contributed by atoms with Gasteiger partial charge < -0.3 is 14.8 Å². The fourth-order valence-corrected chi connectivity index (χ4v) is 2.19. The van der Waals surface area contributed by atoms with Crippen molar-refractivity contribution in [2.24, 2.45) is 0 Å². The van der Waals surface area contributed by atoms with Gasteiger partial charge in [0.2, 0.25) is 0 Å². The summed E-state index contributed by atoms with van der Waals surface area (Å²) in [7, 11) is 1.46. The highest BCUT2D eigenvalue weighted by Crippen LogP contribution is 2.27. The van der Waals surface area contributed by atoms with Gasteiger partial charge in [-0.3, -0.25) is 4.79 Å². The van der Waals surface area contributed by atoms with Crippen LogP contribution in [0.3, 0.4) is 0 Å². The van der Waals surface area contributed by atoms with E-state index in [0.717, 1.165) is 6.08 Å². The van der Waals surface area contributed by atoms with E-state index in [1.807, 2.05) is 0 Å². The van der Waals surface area contributed by atoms with Crippen LogP contribution in [0.5, 0.6) is 5.75 Å². The molecule has 26 heavy (non-hydrogen) atoms. The second-order valence-corrected chi connectivity index (χ2v) is 5.73. The van der Waals surface area contributed by atoms with Crippen LogP contribution in [0.1, 0.15) is 12.5 Å². The molecule has 5 nitrogen and oxygen atoms in total. The van der Waals surface area contributed by atoms with Gasteiger partial charge in [0.15, 0.2) is 6.10 Å². The van der Waals surface area contributed by atoms with Gasteiger partial charge in [-0.2, -0.15) is 0 Å². The molecule has 1 atom stereocenters. The predicted octanol–water partition coefficient (Wildman–Crippen LogP) is 4.07. The number of halogens is 2. The van der Waals surface area contributed by atoms with Gasteiger partial charge in [-0.15, -0.1) is 0 Å². The maximum absolute atomic E-state index is 12.8. The summed E-state index contributed by atoms with van der Waals surface area (Å²) in [5, 5.41) is 3.02. The molecule has 0 aliphatic rings. The number of methoxy groups -OCH3 is 1. The first-order valence-corrected chi connectivity index (χ1v) is 8.05. The Kier molecular flexibility index (Phi) is 6.74. The Morgan fingerprint density at radius 1 is 1.19 bits per heavy atom. The van der Waals surface area contributed by atoms with Gasteiger partial charge in [-0.1, -0.05) is 23.7 Å². The molecular formula is C19H17ClFNO4. The van der Waals surface area contributed by atoms with E-state index in [-0.39, 0.29) is 5.82 Å². The number of hydrogen-bond acceptors (Lipinski definition) is 4. The summed E-state index contributed by atoms with van der Waals surface area (Å²) in [6.45, 7) is 1.44. The van der Waals surface area contributed by atoms with Crippen molar-refractivity contribution in [2.45, 2.75) is 13.0 Å². The number of esters is 1. The summed E-state index contributed by atoms with van der Waals surface area (Å²) >= 11 is 5.91. The van der Waals surface area contributed by atoms with Crippen LogP contribution in [0.15, 0.2) is 48.5 Å². The van der Waals surface area contributed by atoms with Gasteiger partial charge in [-0.05, 0) is 48.9 Å². The van der Waals surface area contributed by atoms with Gasteiger partial charge in [0.05, 0.1) is 12.8 Å². The zero-order valence-electron chi connectivity index (χ0n) is 14.2. The summed E-state index contributed by atoms with van der Waals surface area (Å²) in [5.41, 5.74) is 0.999. The lowest BCUT2D eigenvalue weighted by molar-refractivity contribution is -0.148. The molecule has 0 aliphatic carbocycles. The second kappa shape index (κ2) is 9.01. The molecule has 0 fully saturated rings. The Labute approximate surface area is 155 Å². The summed E-state index contributed by atoms with van der Waals surface area (Å²) < 4.78 is 23.0. The minimum absolute atomic E-state index is 0.369. The maximum atomic E-state index is 12.8. The maximum Gasteiger partial charge on any atom is 0.331 e. The van der Waals surface area contributed by atoms with Crippen LogP contribution in [-0.4, -0.2) is 25.1 Å². The quantitative estimate of drug-likeness (QED) is 0.608. The molecule has 136 valence electrons. The molecule has 0 saturated carbocycles. The van der Waals surface area contributed by atoms with E-state index in [4.69, 9.17) is 21.1 Å². The Hall–Kier alpha value is -2.86. The van der Waals surface area contributed by atoms with E-state index >= 15 is 0 Å². The number of carbonyl (C=O) groups is 2. The third kappa shape index (κ3) is 5.60. The van der Waals surface area contributed by atoms with E-state index in [1.54, 1.807) is 12.1 Å². The third-order valence-electron chi connectivity index (χ3n) is 3.36. The minimum Gasteiger partial charge on any atom is -0.495 e. The number of amides is 1. The lowest BCUT2D eigenvalue weighted by Gasteiger charge is -2.14. The van der Waals surface area contributed by atoms with Crippen molar-refractivity contribution >= 4 is 35.2 Å². The number of hydrogen-bond donors (Lipinski definition) is 1. The van der Waals surface area contributed by atoms with Crippen molar-refractivity contribution < 1.29 is 23.5 Å². The number of benzene rings is 2. The first kappa shape index (κ1) is 19.5. The molecule has 1 unspecified atom stereocenters. The van der Waals surface area contributed by atoms with Gasteiger partial charge >= 0.3 is 5.97 Å². The summed E-state index contributed by atoms with van der Waals surface area (Å²) in [6, 6.07) is 10.3. The Balaban J connectivity index is 1.95. The number of carbonyl (C=O) groups excluding carboxylic acids is 2. The molecular weight excluding hydrogens is 361 g/mol. The first-order chi connectivity index (χ1) is 12.4. The molecule has 1 N–H and O–H groups in total. The molecule has 0 saturated heterocycles. The number of anilines is 1. The number of nitrogens with one attached hydrogen (secondary N) is 1. The largest absolute Gasteiger partial charge is 0.495 e. The van der Waals surface area contributed by atoms with Crippen molar-refractivity contribution in [3.8, 4) is 5.75 Å².